The van der Waals surface area contributed by atoms with Crippen LogP contribution >= 0.6 is 0 Å². The molecule has 0 spiro atoms. The lowest BCUT2D eigenvalue weighted by Crippen LogP contribution is -2.50. The first-order chi connectivity index (χ1) is 7.18. The minimum atomic E-state index is -0.119. The van der Waals surface area contributed by atoms with Crippen molar-refractivity contribution in [1.82, 2.24) is 0 Å². The van der Waals surface area contributed by atoms with Crippen molar-refractivity contribution in [2.45, 2.75) is 57.5 Å². The van der Waals surface area contributed by atoms with Gasteiger partial charge in [-0.15, -0.1) is 0 Å². The van der Waals surface area contributed by atoms with Crippen molar-refractivity contribution in [2.75, 3.05) is 0 Å². The van der Waals surface area contributed by atoms with Crippen LogP contribution in [0.5, 0.6) is 0 Å². The number of hydrogen-bond acceptors (Lipinski definition) is 2. The van der Waals surface area contributed by atoms with Gasteiger partial charge in [0.2, 0.25) is 0 Å². The van der Waals surface area contributed by atoms with E-state index in [1.807, 2.05) is 0 Å². The van der Waals surface area contributed by atoms with Crippen molar-refractivity contribution in [3.8, 4) is 0 Å². The molecule has 0 N–H and O–H groups in total. The lowest BCUT2D eigenvalue weighted by molar-refractivity contribution is -0.178. The van der Waals surface area contributed by atoms with E-state index in [2.05, 4.69) is 6.92 Å². The monoisotopic (exact) mass is 208 g/mol. The molecule has 0 aromatic carbocycles. The van der Waals surface area contributed by atoms with Crippen molar-refractivity contribution >= 4 is 5.97 Å². The fourth-order valence-electron chi connectivity index (χ4n) is 3.54. The first-order valence-electron chi connectivity index (χ1n) is 6.41. The predicted octanol–water partition coefficient (Wildman–Crippen LogP) is 2.91. The standard InChI is InChI=1S/C13H20O2/c1-13(6-2-3-7-13)15-12(14)11-8-9-4-5-10(9)11/h9-11H,2-8H2,1H3. The Morgan fingerprint density at radius 2 is 2.00 bits per heavy atom. The molecular formula is C13H20O2. The Bertz CT molecular complexity index is 278. The predicted molar refractivity (Wildman–Crippen MR) is 57.3 cm³/mol. The van der Waals surface area contributed by atoms with Gasteiger partial charge in [-0.05, 0) is 63.7 Å². The molecule has 0 heterocycles. The van der Waals surface area contributed by atoms with Gasteiger partial charge in [0.05, 0.1) is 5.92 Å². The number of ether oxygens (including phenoxy) is 1. The number of carbonyl (C=O) groups is 1. The van der Waals surface area contributed by atoms with Crippen LogP contribution in [0.25, 0.3) is 0 Å². The fraction of sp³-hybridized carbons (Fsp3) is 0.923. The van der Waals surface area contributed by atoms with Crippen LogP contribution in [0, 0.1) is 17.8 Å². The Kier molecular flexibility index (Phi) is 2.08. The average molecular weight is 208 g/mol. The molecule has 3 aliphatic carbocycles. The van der Waals surface area contributed by atoms with Gasteiger partial charge in [0.25, 0.3) is 0 Å². The van der Waals surface area contributed by atoms with E-state index in [1.54, 1.807) is 0 Å². The Labute approximate surface area is 91.4 Å². The molecule has 84 valence electrons. The van der Waals surface area contributed by atoms with E-state index < -0.39 is 0 Å². The third kappa shape index (κ3) is 1.49. The highest BCUT2D eigenvalue weighted by Crippen LogP contribution is 2.55. The summed E-state index contributed by atoms with van der Waals surface area (Å²) in [4.78, 5) is 12.0. The summed E-state index contributed by atoms with van der Waals surface area (Å²) in [7, 11) is 0. The maximum atomic E-state index is 12.0. The summed E-state index contributed by atoms with van der Waals surface area (Å²) < 4.78 is 5.72. The summed E-state index contributed by atoms with van der Waals surface area (Å²) >= 11 is 0. The molecule has 3 atom stereocenters. The molecular weight excluding hydrogens is 188 g/mol. The lowest BCUT2D eigenvalue weighted by Gasteiger charge is -2.52. The molecule has 0 radical (unpaired) electrons. The van der Waals surface area contributed by atoms with Crippen LogP contribution in [0.2, 0.25) is 0 Å². The van der Waals surface area contributed by atoms with E-state index in [1.165, 1.54) is 25.7 Å². The highest BCUT2D eigenvalue weighted by atomic mass is 16.6. The van der Waals surface area contributed by atoms with Gasteiger partial charge < -0.3 is 4.74 Å². The van der Waals surface area contributed by atoms with Gasteiger partial charge in [-0.2, -0.15) is 0 Å². The van der Waals surface area contributed by atoms with Crippen LogP contribution in [0.4, 0.5) is 0 Å². The molecule has 3 aliphatic rings. The van der Waals surface area contributed by atoms with Crippen LogP contribution in [-0.2, 0) is 9.53 Å². The number of esters is 1. The third-order valence-corrected chi connectivity index (χ3v) is 4.86. The van der Waals surface area contributed by atoms with Gasteiger partial charge in [0.15, 0.2) is 0 Å². The van der Waals surface area contributed by atoms with Crippen molar-refractivity contribution in [2.24, 2.45) is 17.8 Å². The zero-order chi connectivity index (χ0) is 10.5. The normalized spacial score (nSPS) is 41.3. The van der Waals surface area contributed by atoms with E-state index in [4.69, 9.17) is 4.74 Å². The minimum absolute atomic E-state index is 0.111. The number of fused-ring (bicyclic) bond motifs is 1. The first-order valence-corrected chi connectivity index (χ1v) is 6.41. The molecule has 3 fully saturated rings. The van der Waals surface area contributed by atoms with Crippen molar-refractivity contribution in [3.05, 3.63) is 0 Å². The highest BCUT2D eigenvalue weighted by Gasteiger charge is 2.52. The van der Waals surface area contributed by atoms with E-state index in [9.17, 15) is 4.79 Å². The van der Waals surface area contributed by atoms with E-state index in [0.29, 0.717) is 5.92 Å². The minimum Gasteiger partial charge on any atom is -0.459 e. The van der Waals surface area contributed by atoms with Crippen LogP contribution in [0.1, 0.15) is 51.9 Å². The average Bonchev–Trinajstić information content (AvgIpc) is 2.56. The lowest BCUT2D eigenvalue weighted by atomic mass is 9.53. The Morgan fingerprint density at radius 3 is 2.47 bits per heavy atom. The molecule has 0 saturated heterocycles. The van der Waals surface area contributed by atoms with Gasteiger partial charge >= 0.3 is 5.97 Å². The molecule has 2 nitrogen and oxygen atoms in total. The maximum Gasteiger partial charge on any atom is 0.309 e. The quantitative estimate of drug-likeness (QED) is 0.652. The zero-order valence-corrected chi connectivity index (χ0v) is 9.50. The second-order valence-electron chi connectivity index (χ2n) is 5.92. The van der Waals surface area contributed by atoms with E-state index in [0.717, 1.165) is 25.2 Å². The topological polar surface area (TPSA) is 26.3 Å². The Morgan fingerprint density at radius 1 is 1.27 bits per heavy atom. The van der Waals surface area contributed by atoms with Crippen molar-refractivity contribution in [3.63, 3.8) is 0 Å². The molecule has 3 rings (SSSR count). The van der Waals surface area contributed by atoms with Crippen LogP contribution in [0.15, 0.2) is 0 Å². The summed E-state index contributed by atoms with van der Waals surface area (Å²) in [6.07, 6.45) is 8.31. The zero-order valence-electron chi connectivity index (χ0n) is 9.50. The smallest absolute Gasteiger partial charge is 0.309 e. The molecule has 3 saturated carbocycles. The van der Waals surface area contributed by atoms with Gasteiger partial charge in [0.1, 0.15) is 5.60 Å². The molecule has 0 aromatic rings. The Balaban J connectivity index is 1.56. The van der Waals surface area contributed by atoms with Gasteiger partial charge in [0, 0.05) is 0 Å². The van der Waals surface area contributed by atoms with Crippen molar-refractivity contribution < 1.29 is 9.53 Å². The molecule has 15 heavy (non-hydrogen) atoms. The largest absolute Gasteiger partial charge is 0.459 e. The summed E-state index contributed by atoms with van der Waals surface area (Å²) in [6, 6.07) is 0. The summed E-state index contributed by atoms with van der Waals surface area (Å²) in [6.45, 7) is 2.11. The highest BCUT2D eigenvalue weighted by molar-refractivity contribution is 5.74. The van der Waals surface area contributed by atoms with E-state index >= 15 is 0 Å². The van der Waals surface area contributed by atoms with Gasteiger partial charge in [-0.3, -0.25) is 4.79 Å². The molecule has 0 aliphatic heterocycles. The van der Waals surface area contributed by atoms with Gasteiger partial charge in [-0.1, -0.05) is 0 Å². The van der Waals surface area contributed by atoms with Crippen LogP contribution in [0.3, 0.4) is 0 Å². The number of carbonyl (C=O) groups excluding carboxylic acids is 1. The summed E-state index contributed by atoms with van der Waals surface area (Å²) in [5.74, 6) is 1.95. The molecule has 2 heteroatoms. The maximum absolute atomic E-state index is 12.0. The van der Waals surface area contributed by atoms with Crippen LogP contribution < -0.4 is 0 Å². The summed E-state index contributed by atoms with van der Waals surface area (Å²) in [5.41, 5.74) is -0.119. The second-order valence-corrected chi connectivity index (χ2v) is 5.92. The first kappa shape index (κ1) is 9.68. The molecule has 3 unspecified atom stereocenters. The van der Waals surface area contributed by atoms with Crippen LogP contribution in [-0.4, -0.2) is 11.6 Å². The molecule has 0 bridgehead atoms. The number of hydrogen-bond donors (Lipinski definition) is 0. The molecule has 0 aromatic heterocycles. The van der Waals surface area contributed by atoms with Gasteiger partial charge in [-0.25, -0.2) is 0 Å². The second kappa shape index (κ2) is 3.23. The SMILES string of the molecule is CC1(OC(=O)C2CC3CCC32)CCCC1. The Hall–Kier alpha value is -0.530. The van der Waals surface area contributed by atoms with Crippen molar-refractivity contribution in [1.29, 1.82) is 0 Å². The number of rotatable bonds is 2. The molecule has 0 amide bonds. The summed E-state index contributed by atoms with van der Waals surface area (Å²) in [5, 5.41) is 0. The van der Waals surface area contributed by atoms with E-state index in [-0.39, 0.29) is 17.5 Å². The third-order valence-electron chi connectivity index (χ3n) is 4.86. The fourth-order valence-corrected chi connectivity index (χ4v) is 3.54.